The maximum Gasteiger partial charge on any atom is 0.375 e. The maximum atomic E-state index is 11.4. The molecule has 0 aliphatic carbocycles. The van der Waals surface area contributed by atoms with E-state index in [0.29, 0.717) is 17.9 Å². The Morgan fingerprint density at radius 3 is 2.30 bits per heavy atom. The topological polar surface area (TPSA) is 76.0 Å². The zero-order chi connectivity index (χ0) is 16.7. The zero-order valence-corrected chi connectivity index (χ0v) is 13.5. The second-order valence-electron chi connectivity index (χ2n) is 5.72. The number of benzene rings is 1. The number of aliphatic hydroxyl groups is 1. The number of hydrogen-bond donors (Lipinski definition) is 2. The van der Waals surface area contributed by atoms with E-state index in [1.54, 1.807) is 24.3 Å². The number of unbranched alkanes of at least 4 members (excludes halogenated alkanes) is 5. The van der Waals surface area contributed by atoms with Gasteiger partial charge in [-0.3, -0.25) is 0 Å². The van der Waals surface area contributed by atoms with Gasteiger partial charge in [-0.2, -0.15) is 0 Å². The van der Waals surface area contributed by atoms with E-state index in [1.165, 1.54) is 19.3 Å². The summed E-state index contributed by atoms with van der Waals surface area (Å²) >= 11 is 0. The SMILES string of the molecule is CCCCCCCCC(O)C1=C(C(=O)O)Oc2ccccc2O1. The fraction of sp³-hybridized carbons (Fsp3) is 0.500. The molecule has 23 heavy (non-hydrogen) atoms. The average molecular weight is 320 g/mol. The van der Waals surface area contributed by atoms with Crippen LogP contribution in [0.15, 0.2) is 35.8 Å². The number of ether oxygens (including phenoxy) is 2. The van der Waals surface area contributed by atoms with Crippen molar-refractivity contribution in [1.82, 2.24) is 0 Å². The van der Waals surface area contributed by atoms with Crippen molar-refractivity contribution < 1.29 is 24.5 Å². The summed E-state index contributed by atoms with van der Waals surface area (Å²) in [6.07, 6.45) is 6.09. The predicted octanol–water partition coefficient (Wildman–Crippen LogP) is 3.87. The van der Waals surface area contributed by atoms with E-state index in [4.69, 9.17) is 9.47 Å². The number of aliphatic carboxylic acids is 1. The number of carbonyl (C=O) groups is 1. The third-order valence-corrected chi connectivity index (χ3v) is 3.83. The van der Waals surface area contributed by atoms with Gasteiger partial charge in [0.2, 0.25) is 0 Å². The second-order valence-corrected chi connectivity index (χ2v) is 5.72. The highest BCUT2D eigenvalue weighted by Crippen LogP contribution is 2.36. The van der Waals surface area contributed by atoms with Crippen LogP contribution in [0.5, 0.6) is 11.5 Å². The molecule has 0 saturated carbocycles. The summed E-state index contributed by atoms with van der Waals surface area (Å²) in [7, 11) is 0. The van der Waals surface area contributed by atoms with Gasteiger partial charge < -0.3 is 19.7 Å². The van der Waals surface area contributed by atoms with Gasteiger partial charge in [0.05, 0.1) is 0 Å². The Balaban J connectivity index is 1.96. The van der Waals surface area contributed by atoms with E-state index in [2.05, 4.69) is 6.92 Å². The summed E-state index contributed by atoms with van der Waals surface area (Å²) in [5, 5.41) is 19.6. The van der Waals surface area contributed by atoms with Crippen LogP contribution >= 0.6 is 0 Å². The van der Waals surface area contributed by atoms with Crippen LogP contribution in [0, 0.1) is 0 Å². The highest BCUT2D eigenvalue weighted by Gasteiger charge is 2.30. The number of carboxylic acid groups (broad SMARTS) is 1. The third-order valence-electron chi connectivity index (χ3n) is 3.83. The first-order valence-corrected chi connectivity index (χ1v) is 8.23. The molecule has 126 valence electrons. The van der Waals surface area contributed by atoms with Crippen LogP contribution in [-0.2, 0) is 4.79 Å². The number of aliphatic hydroxyl groups excluding tert-OH is 1. The summed E-state index contributed by atoms with van der Waals surface area (Å²) in [6.45, 7) is 2.17. The molecule has 5 nitrogen and oxygen atoms in total. The van der Waals surface area contributed by atoms with Crippen molar-refractivity contribution in [2.24, 2.45) is 0 Å². The Hall–Kier alpha value is -2.01. The highest BCUT2D eigenvalue weighted by molar-refractivity contribution is 5.86. The fourth-order valence-electron chi connectivity index (χ4n) is 2.56. The Bertz CT molecular complexity index is 564. The van der Waals surface area contributed by atoms with Crippen molar-refractivity contribution in [1.29, 1.82) is 0 Å². The van der Waals surface area contributed by atoms with Crippen LogP contribution in [0.1, 0.15) is 51.9 Å². The molecule has 1 aliphatic heterocycles. The van der Waals surface area contributed by atoms with Crippen molar-refractivity contribution in [3.05, 3.63) is 35.8 Å². The van der Waals surface area contributed by atoms with Crippen LogP contribution in [0.4, 0.5) is 0 Å². The molecule has 0 radical (unpaired) electrons. The van der Waals surface area contributed by atoms with E-state index >= 15 is 0 Å². The molecule has 0 fully saturated rings. The summed E-state index contributed by atoms with van der Waals surface area (Å²) < 4.78 is 11.0. The molecule has 0 saturated heterocycles. The average Bonchev–Trinajstić information content (AvgIpc) is 2.56. The molecule has 1 heterocycles. The molecule has 0 aromatic heterocycles. The van der Waals surface area contributed by atoms with Gasteiger partial charge in [-0.05, 0) is 18.6 Å². The van der Waals surface area contributed by atoms with E-state index in [0.717, 1.165) is 19.3 Å². The fourth-order valence-corrected chi connectivity index (χ4v) is 2.56. The minimum absolute atomic E-state index is 0.00948. The molecular formula is C18H24O5. The summed E-state index contributed by atoms with van der Waals surface area (Å²) in [5.74, 6) is -0.807. The molecule has 0 amide bonds. The molecule has 0 spiro atoms. The first-order chi connectivity index (χ1) is 11.1. The molecule has 1 aromatic rings. The quantitative estimate of drug-likeness (QED) is 0.676. The minimum atomic E-state index is -1.24. The maximum absolute atomic E-state index is 11.4. The van der Waals surface area contributed by atoms with Crippen molar-refractivity contribution >= 4 is 5.97 Å². The van der Waals surface area contributed by atoms with Crippen molar-refractivity contribution in [2.75, 3.05) is 0 Å². The van der Waals surface area contributed by atoms with Gasteiger partial charge in [0, 0.05) is 0 Å². The lowest BCUT2D eigenvalue weighted by Crippen LogP contribution is -2.26. The predicted molar refractivity (Wildman–Crippen MR) is 86.4 cm³/mol. The molecular weight excluding hydrogens is 296 g/mol. The summed E-state index contributed by atoms with van der Waals surface area (Å²) in [6, 6.07) is 6.83. The van der Waals surface area contributed by atoms with Gasteiger partial charge in [-0.1, -0.05) is 57.6 Å². The van der Waals surface area contributed by atoms with Crippen molar-refractivity contribution in [2.45, 2.75) is 58.0 Å². The lowest BCUT2D eigenvalue weighted by Gasteiger charge is -2.24. The molecule has 1 atom stereocenters. The van der Waals surface area contributed by atoms with Gasteiger partial charge in [0.25, 0.3) is 5.76 Å². The van der Waals surface area contributed by atoms with Crippen LogP contribution in [0.2, 0.25) is 0 Å². The molecule has 0 bridgehead atoms. The molecule has 2 N–H and O–H groups in total. The second kappa shape index (κ2) is 8.58. The Labute approximate surface area is 136 Å². The Kier molecular flexibility index (Phi) is 6.47. The van der Waals surface area contributed by atoms with Crippen LogP contribution < -0.4 is 9.47 Å². The van der Waals surface area contributed by atoms with Gasteiger partial charge in [0.1, 0.15) is 6.10 Å². The number of rotatable bonds is 9. The lowest BCUT2D eigenvalue weighted by molar-refractivity contribution is -0.135. The smallest absolute Gasteiger partial charge is 0.375 e. The van der Waals surface area contributed by atoms with Crippen LogP contribution in [0.3, 0.4) is 0 Å². The summed E-state index contributed by atoms with van der Waals surface area (Å²) in [4.78, 5) is 11.4. The van der Waals surface area contributed by atoms with Crippen LogP contribution in [0.25, 0.3) is 0 Å². The zero-order valence-electron chi connectivity index (χ0n) is 13.5. The molecule has 2 rings (SSSR count). The summed E-state index contributed by atoms with van der Waals surface area (Å²) in [5.41, 5.74) is 0. The standard InChI is InChI=1S/C18H24O5/c1-2-3-4-5-6-7-10-13(19)16-17(18(20)21)23-15-12-9-8-11-14(15)22-16/h8-9,11-13,19H,2-7,10H2,1H3,(H,20,21). The van der Waals surface area contributed by atoms with E-state index < -0.39 is 12.1 Å². The number of carboxylic acids is 1. The molecule has 1 unspecified atom stereocenters. The largest absolute Gasteiger partial charge is 0.475 e. The first kappa shape index (κ1) is 17.3. The number of hydrogen-bond acceptors (Lipinski definition) is 4. The molecule has 5 heteroatoms. The van der Waals surface area contributed by atoms with E-state index in [1.807, 2.05) is 0 Å². The number of fused-ring (bicyclic) bond motifs is 1. The number of para-hydroxylation sites is 2. The van der Waals surface area contributed by atoms with Crippen LogP contribution in [-0.4, -0.2) is 22.3 Å². The van der Waals surface area contributed by atoms with E-state index in [-0.39, 0.29) is 11.5 Å². The first-order valence-electron chi connectivity index (χ1n) is 8.23. The lowest BCUT2D eigenvalue weighted by atomic mass is 10.1. The molecule has 1 aliphatic rings. The van der Waals surface area contributed by atoms with Crippen molar-refractivity contribution in [3.8, 4) is 11.5 Å². The normalized spacial score (nSPS) is 14.7. The van der Waals surface area contributed by atoms with Gasteiger partial charge in [0.15, 0.2) is 17.3 Å². The minimum Gasteiger partial charge on any atom is -0.475 e. The van der Waals surface area contributed by atoms with Gasteiger partial charge >= 0.3 is 5.97 Å². The molecule has 1 aromatic carbocycles. The Morgan fingerprint density at radius 1 is 1.04 bits per heavy atom. The van der Waals surface area contributed by atoms with Crippen molar-refractivity contribution in [3.63, 3.8) is 0 Å². The third kappa shape index (κ3) is 4.73. The van der Waals surface area contributed by atoms with E-state index in [9.17, 15) is 15.0 Å². The van der Waals surface area contributed by atoms with Gasteiger partial charge in [-0.15, -0.1) is 0 Å². The van der Waals surface area contributed by atoms with Gasteiger partial charge in [-0.25, -0.2) is 4.79 Å². The Morgan fingerprint density at radius 2 is 1.65 bits per heavy atom. The highest BCUT2D eigenvalue weighted by atomic mass is 16.6. The monoisotopic (exact) mass is 320 g/mol.